The number of anilines is 2. The largest absolute Gasteiger partial charge is 0.332 e. The molecular formula is C26H19N5O3S3. The predicted octanol–water partition coefficient (Wildman–Crippen LogP) is 5.29. The fourth-order valence-corrected chi connectivity index (χ4v) is 5.62. The van der Waals surface area contributed by atoms with Gasteiger partial charge in [-0.3, -0.25) is 14.8 Å². The molecular weight excluding hydrogens is 527 g/mol. The van der Waals surface area contributed by atoms with E-state index in [1.54, 1.807) is 23.6 Å². The first-order chi connectivity index (χ1) is 17.9. The topological polar surface area (TPSA) is 113 Å². The third kappa shape index (κ3) is 5.64. The molecule has 0 saturated heterocycles. The summed E-state index contributed by atoms with van der Waals surface area (Å²) in [7, 11) is -3.77. The quantitative estimate of drug-likeness (QED) is 0.249. The molecule has 184 valence electrons. The predicted molar refractivity (Wildman–Crippen MR) is 150 cm³/mol. The number of hydrogen-bond acceptors (Lipinski definition) is 7. The second kappa shape index (κ2) is 10.4. The van der Waals surface area contributed by atoms with Crippen LogP contribution in [0.4, 0.5) is 10.8 Å². The number of aromatic nitrogens is 2. The molecule has 0 unspecified atom stereocenters. The second-order valence-corrected chi connectivity index (χ2v) is 10.8. The van der Waals surface area contributed by atoms with Crippen molar-refractivity contribution < 1.29 is 13.2 Å². The van der Waals surface area contributed by atoms with E-state index in [1.807, 2.05) is 54.6 Å². The number of thiazole rings is 1. The molecule has 0 bridgehead atoms. The average Bonchev–Trinajstić information content (AvgIpc) is 3.41. The van der Waals surface area contributed by atoms with E-state index in [1.165, 1.54) is 29.7 Å². The summed E-state index contributed by atoms with van der Waals surface area (Å²) in [5.74, 6) is -0.389. The van der Waals surface area contributed by atoms with Gasteiger partial charge in [-0.2, -0.15) is 0 Å². The first-order valence-electron chi connectivity index (χ1n) is 11.0. The van der Waals surface area contributed by atoms with Crippen LogP contribution in [-0.2, 0) is 10.0 Å². The molecule has 0 radical (unpaired) electrons. The highest BCUT2D eigenvalue weighted by Crippen LogP contribution is 2.25. The fourth-order valence-electron chi connectivity index (χ4n) is 3.62. The molecule has 5 aromatic rings. The van der Waals surface area contributed by atoms with Crippen molar-refractivity contribution in [3.8, 4) is 11.3 Å². The summed E-state index contributed by atoms with van der Waals surface area (Å²) >= 11 is 6.53. The number of carbonyl (C=O) groups excluding carboxylic acids is 1. The Labute approximate surface area is 222 Å². The number of pyridine rings is 1. The molecule has 0 aliphatic carbocycles. The van der Waals surface area contributed by atoms with Crippen molar-refractivity contribution in [3.05, 3.63) is 102 Å². The van der Waals surface area contributed by atoms with Gasteiger partial charge in [-0.1, -0.05) is 48.5 Å². The minimum Gasteiger partial charge on any atom is -0.332 e. The molecule has 8 nitrogen and oxygen atoms in total. The molecule has 1 amide bonds. The van der Waals surface area contributed by atoms with Gasteiger partial charge in [0.15, 0.2) is 10.2 Å². The van der Waals surface area contributed by atoms with Crippen LogP contribution in [0.2, 0.25) is 0 Å². The number of sulfonamides is 1. The highest BCUT2D eigenvalue weighted by atomic mass is 32.2. The lowest BCUT2D eigenvalue weighted by molar-refractivity contribution is 0.0979. The van der Waals surface area contributed by atoms with Crippen molar-refractivity contribution in [2.45, 2.75) is 4.90 Å². The molecule has 5 rings (SSSR count). The highest BCUT2D eigenvalue weighted by Gasteiger charge is 2.17. The summed E-state index contributed by atoms with van der Waals surface area (Å²) in [6, 6.07) is 24.7. The van der Waals surface area contributed by atoms with E-state index in [2.05, 4.69) is 20.3 Å². The van der Waals surface area contributed by atoms with Crippen molar-refractivity contribution in [2.75, 3.05) is 10.0 Å². The SMILES string of the molecule is O=C(NC(=S)Nc1ccc(S(=O)(=O)Nc2nccs2)cc1)c1cc(-c2ccccc2)nc2ccccc12. The maximum absolute atomic E-state index is 13.2. The number of nitrogens with one attached hydrogen (secondary N) is 3. The molecule has 11 heteroatoms. The smallest absolute Gasteiger partial charge is 0.263 e. The Kier molecular flexibility index (Phi) is 6.91. The lowest BCUT2D eigenvalue weighted by atomic mass is 10.0. The van der Waals surface area contributed by atoms with E-state index in [0.717, 1.165) is 5.56 Å². The first-order valence-corrected chi connectivity index (χ1v) is 13.8. The van der Waals surface area contributed by atoms with Crippen LogP contribution < -0.4 is 15.4 Å². The second-order valence-electron chi connectivity index (χ2n) is 7.81. The van der Waals surface area contributed by atoms with Gasteiger partial charge in [0.05, 0.1) is 21.7 Å². The van der Waals surface area contributed by atoms with Crippen molar-refractivity contribution >= 4 is 66.3 Å². The third-order valence-corrected chi connectivity index (χ3v) is 7.71. The van der Waals surface area contributed by atoms with Gasteiger partial charge in [-0.05, 0) is 48.6 Å². The normalized spacial score (nSPS) is 11.1. The van der Waals surface area contributed by atoms with Crippen LogP contribution in [0.1, 0.15) is 10.4 Å². The zero-order valence-corrected chi connectivity index (χ0v) is 21.5. The maximum atomic E-state index is 13.2. The fraction of sp³-hybridized carbons (Fsp3) is 0. The van der Waals surface area contributed by atoms with Crippen molar-refractivity contribution in [1.29, 1.82) is 0 Å². The van der Waals surface area contributed by atoms with Crippen LogP contribution >= 0.6 is 23.6 Å². The zero-order chi connectivity index (χ0) is 25.8. The zero-order valence-electron chi connectivity index (χ0n) is 19.1. The Balaban J connectivity index is 1.32. The van der Waals surface area contributed by atoms with E-state index >= 15 is 0 Å². The van der Waals surface area contributed by atoms with Gasteiger partial charge in [0.25, 0.3) is 15.9 Å². The van der Waals surface area contributed by atoms with Gasteiger partial charge in [0, 0.05) is 28.2 Å². The van der Waals surface area contributed by atoms with Gasteiger partial charge in [-0.25, -0.2) is 18.4 Å². The molecule has 0 atom stereocenters. The summed E-state index contributed by atoms with van der Waals surface area (Å²) in [6.45, 7) is 0. The lowest BCUT2D eigenvalue weighted by Gasteiger charge is -2.13. The van der Waals surface area contributed by atoms with Gasteiger partial charge in [0.2, 0.25) is 0 Å². The summed E-state index contributed by atoms with van der Waals surface area (Å²) in [4.78, 5) is 21.9. The number of nitrogens with zero attached hydrogens (tertiary/aromatic N) is 2. The molecule has 3 N–H and O–H groups in total. The van der Waals surface area contributed by atoms with Crippen LogP contribution in [-0.4, -0.2) is 29.4 Å². The van der Waals surface area contributed by atoms with E-state index in [4.69, 9.17) is 17.2 Å². The van der Waals surface area contributed by atoms with Gasteiger partial charge < -0.3 is 5.32 Å². The Morgan fingerprint density at radius 3 is 2.38 bits per heavy atom. The number of benzene rings is 3. The summed E-state index contributed by atoms with van der Waals surface area (Å²) in [5.41, 5.74) is 3.20. The third-order valence-electron chi connectivity index (χ3n) is 5.33. The van der Waals surface area contributed by atoms with Crippen LogP contribution in [0, 0.1) is 0 Å². The van der Waals surface area contributed by atoms with E-state index < -0.39 is 10.0 Å². The highest BCUT2D eigenvalue weighted by molar-refractivity contribution is 7.93. The number of amides is 1. The van der Waals surface area contributed by atoms with Gasteiger partial charge in [-0.15, -0.1) is 11.3 Å². The Morgan fingerprint density at radius 2 is 1.65 bits per heavy atom. The van der Waals surface area contributed by atoms with Crippen molar-refractivity contribution in [2.24, 2.45) is 0 Å². The summed E-state index contributed by atoms with van der Waals surface area (Å²) in [6.07, 6.45) is 1.52. The average molecular weight is 546 g/mol. The minimum atomic E-state index is -3.77. The summed E-state index contributed by atoms with van der Waals surface area (Å²) < 4.78 is 27.5. The summed E-state index contributed by atoms with van der Waals surface area (Å²) in [5, 5.41) is 8.36. The van der Waals surface area contributed by atoms with Crippen molar-refractivity contribution in [1.82, 2.24) is 15.3 Å². The lowest BCUT2D eigenvalue weighted by Crippen LogP contribution is -2.34. The molecule has 37 heavy (non-hydrogen) atoms. The molecule has 0 aliphatic rings. The number of rotatable bonds is 6. The van der Waals surface area contributed by atoms with E-state index in [0.29, 0.717) is 27.8 Å². The number of para-hydroxylation sites is 1. The molecule has 0 saturated carbocycles. The monoisotopic (exact) mass is 545 g/mol. The van der Waals surface area contributed by atoms with Gasteiger partial charge in [0.1, 0.15) is 0 Å². The molecule has 0 spiro atoms. The number of carbonyl (C=O) groups is 1. The van der Waals surface area contributed by atoms with Crippen LogP contribution in [0.3, 0.4) is 0 Å². The first kappa shape index (κ1) is 24.5. The van der Waals surface area contributed by atoms with Crippen LogP contribution in [0.25, 0.3) is 22.2 Å². The van der Waals surface area contributed by atoms with Crippen LogP contribution in [0.15, 0.2) is 101 Å². The van der Waals surface area contributed by atoms with E-state index in [-0.39, 0.29) is 21.0 Å². The molecule has 2 aromatic heterocycles. The molecule has 0 fully saturated rings. The molecule has 3 aromatic carbocycles. The number of hydrogen-bond donors (Lipinski definition) is 3. The Bertz CT molecular complexity index is 1690. The van der Waals surface area contributed by atoms with Crippen LogP contribution in [0.5, 0.6) is 0 Å². The number of fused-ring (bicyclic) bond motifs is 1. The minimum absolute atomic E-state index is 0.0694. The Hall–Kier alpha value is -4.19. The molecule has 0 aliphatic heterocycles. The van der Waals surface area contributed by atoms with Crippen molar-refractivity contribution in [3.63, 3.8) is 0 Å². The standard InChI is InChI=1S/C26H19N5O3S3/c32-24(21-16-23(17-6-2-1-3-7-17)29-22-9-5-4-8-20(21)22)30-25(35)28-18-10-12-19(13-11-18)37(33,34)31-26-27-14-15-36-26/h1-16H,(H,27,31)(H2,28,30,32,35). The maximum Gasteiger partial charge on any atom is 0.263 e. The molecule has 2 heterocycles. The Morgan fingerprint density at radius 1 is 0.919 bits per heavy atom. The number of thiocarbonyl (C=S) groups is 1. The van der Waals surface area contributed by atoms with Gasteiger partial charge >= 0.3 is 0 Å². The van der Waals surface area contributed by atoms with E-state index in [9.17, 15) is 13.2 Å².